The first-order chi connectivity index (χ1) is 9.67. The quantitative estimate of drug-likeness (QED) is 0.565. The first-order valence-corrected chi connectivity index (χ1v) is 7.99. The number of sulfonamides is 1. The highest BCUT2D eigenvalue weighted by atomic mass is 32.2. The van der Waals surface area contributed by atoms with Gasteiger partial charge in [0.1, 0.15) is 6.04 Å². The lowest BCUT2D eigenvalue weighted by Gasteiger charge is -2.13. The van der Waals surface area contributed by atoms with Crippen molar-refractivity contribution >= 4 is 33.3 Å². The first kappa shape index (κ1) is 17.3. The fourth-order valence-electron chi connectivity index (χ4n) is 1.48. The van der Waals surface area contributed by atoms with Crippen molar-refractivity contribution in [3.8, 4) is 0 Å². The number of carboxylic acids is 1. The van der Waals surface area contributed by atoms with Crippen molar-refractivity contribution in [2.75, 3.05) is 7.11 Å². The molecule has 0 saturated carbocycles. The molecule has 0 radical (unpaired) electrons. The van der Waals surface area contributed by atoms with Crippen molar-refractivity contribution in [2.24, 2.45) is 0 Å². The van der Waals surface area contributed by atoms with Crippen LogP contribution in [0.15, 0.2) is 9.00 Å². The third-order valence-corrected chi connectivity index (χ3v) is 5.56. The number of aromatic amines is 1. The zero-order valence-corrected chi connectivity index (χ0v) is 12.8. The van der Waals surface area contributed by atoms with Gasteiger partial charge in [0.05, 0.1) is 7.11 Å². The van der Waals surface area contributed by atoms with Gasteiger partial charge in [0.2, 0.25) is 0 Å². The van der Waals surface area contributed by atoms with Gasteiger partial charge < -0.3 is 14.8 Å². The Morgan fingerprint density at radius 3 is 2.52 bits per heavy atom. The molecule has 3 N–H and O–H groups in total. The monoisotopic (exact) mass is 338 g/mol. The van der Waals surface area contributed by atoms with Crippen LogP contribution in [-0.2, 0) is 24.3 Å². The smallest absolute Gasteiger partial charge is 0.321 e. The molecule has 0 aliphatic carbocycles. The number of carbonyl (C=O) groups excluding carboxylic acids is 1. The highest BCUT2D eigenvalue weighted by Crippen LogP contribution is 2.16. The summed E-state index contributed by atoms with van der Waals surface area (Å²) in [5.41, 5.74) is 0.120. The zero-order chi connectivity index (χ0) is 16.2. The minimum absolute atomic E-state index is 0.120. The van der Waals surface area contributed by atoms with Crippen molar-refractivity contribution in [1.29, 1.82) is 0 Å². The minimum Gasteiger partial charge on any atom is -0.480 e. The van der Waals surface area contributed by atoms with E-state index in [0.29, 0.717) is 11.3 Å². The topological polar surface area (TPSA) is 143 Å². The van der Waals surface area contributed by atoms with Gasteiger partial charge in [-0.1, -0.05) is 11.3 Å². The van der Waals surface area contributed by atoms with Gasteiger partial charge in [-0.2, -0.15) is 4.72 Å². The van der Waals surface area contributed by atoms with Crippen molar-refractivity contribution in [3.05, 3.63) is 15.4 Å². The summed E-state index contributed by atoms with van der Waals surface area (Å²) in [6.45, 7) is 1.39. The Labute approximate surface area is 124 Å². The maximum atomic E-state index is 12.1. The second kappa shape index (κ2) is 6.83. The number of hydrogen-bond donors (Lipinski definition) is 3. The summed E-state index contributed by atoms with van der Waals surface area (Å²) in [5, 5.41) is 9.00. The highest BCUT2D eigenvalue weighted by Gasteiger charge is 2.28. The number of aromatic nitrogens is 1. The summed E-state index contributed by atoms with van der Waals surface area (Å²) >= 11 is 0.458. The standard InChI is InChI=1S/C10H14N2O7S2/c1-5-9(20-10(16)11-5)21(17,18)12-6(8(14)15)3-4-7(13)19-2/h6,12H,3-4H2,1-2H3,(H,11,16)(H,14,15). The normalized spacial score (nSPS) is 12.9. The summed E-state index contributed by atoms with van der Waals surface area (Å²) in [5.74, 6) is -2.08. The molecule has 0 saturated heterocycles. The van der Waals surface area contributed by atoms with Gasteiger partial charge in [0.25, 0.3) is 10.0 Å². The Morgan fingerprint density at radius 2 is 2.10 bits per heavy atom. The summed E-state index contributed by atoms with van der Waals surface area (Å²) < 4.78 is 30.2. The average Bonchev–Trinajstić information content (AvgIpc) is 2.73. The van der Waals surface area contributed by atoms with Gasteiger partial charge >= 0.3 is 16.8 Å². The second-order valence-electron chi connectivity index (χ2n) is 4.05. The molecule has 118 valence electrons. The van der Waals surface area contributed by atoms with E-state index in [2.05, 4.69) is 9.72 Å². The minimum atomic E-state index is -4.16. The first-order valence-electron chi connectivity index (χ1n) is 5.69. The number of hydrogen-bond acceptors (Lipinski definition) is 7. The number of methoxy groups -OCH3 is 1. The molecule has 0 bridgehead atoms. The molecule has 0 aliphatic heterocycles. The van der Waals surface area contributed by atoms with Crippen molar-refractivity contribution in [1.82, 2.24) is 9.71 Å². The molecule has 1 unspecified atom stereocenters. The third kappa shape index (κ3) is 4.65. The van der Waals surface area contributed by atoms with E-state index in [1.807, 2.05) is 4.72 Å². The molecule has 0 aromatic carbocycles. The van der Waals surface area contributed by atoms with Gasteiger partial charge in [-0.15, -0.1) is 0 Å². The molecule has 1 aromatic rings. The highest BCUT2D eigenvalue weighted by molar-refractivity contribution is 7.91. The summed E-state index contributed by atoms with van der Waals surface area (Å²) in [7, 11) is -3.02. The number of carboxylic acid groups (broad SMARTS) is 1. The fourth-order valence-corrected chi connectivity index (χ4v) is 4.03. The van der Waals surface area contributed by atoms with Crippen molar-refractivity contribution < 1.29 is 27.9 Å². The molecule has 21 heavy (non-hydrogen) atoms. The van der Waals surface area contributed by atoms with Crippen molar-refractivity contribution in [2.45, 2.75) is 30.0 Å². The third-order valence-electron chi connectivity index (χ3n) is 2.49. The number of nitrogens with one attached hydrogen (secondary N) is 2. The van der Waals surface area contributed by atoms with E-state index in [1.54, 1.807) is 0 Å². The van der Waals surface area contributed by atoms with E-state index in [4.69, 9.17) is 5.11 Å². The van der Waals surface area contributed by atoms with E-state index in [1.165, 1.54) is 6.92 Å². The molecular formula is C10H14N2O7S2. The van der Waals surface area contributed by atoms with E-state index in [-0.39, 0.29) is 22.7 Å². The Bertz CT molecular complexity index is 689. The summed E-state index contributed by atoms with van der Waals surface area (Å²) in [4.78, 5) is 34.9. The Hall–Kier alpha value is -1.72. The van der Waals surface area contributed by atoms with Crippen LogP contribution in [0.5, 0.6) is 0 Å². The lowest BCUT2D eigenvalue weighted by molar-refractivity contribution is -0.142. The van der Waals surface area contributed by atoms with Crippen LogP contribution in [0.25, 0.3) is 0 Å². The molecular weight excluding hydrogens is 324 g/mol. The predicted molar refractivity (Wildman–Crippen MR) is 72.7 cm³/mol. The number of carbonyl (C=O) groups is 2. The van der Waals surface area contributed by atoms with Crippen LogP contribution in [0.3, 0.4) is 0 Å². The van der Waals surface area contributed by atoms with Crippen molar-refractivity contribution in [3.63, 3.8) is 0 Å². The van der Waals surface area contributed by atoms with Crippen LogP contribution >= 0.6 is 11.3 Å². The lowest BCUT2D eigenvalue weighted by atomic mass is 10.2. The van der Waals surface area contributed by atoms with E-state index in [0.717, 1.165) is 7.11 Å². The largest absolute Gasteiger partial charge is 0.480 e. The number of H-pyrrole nitrogens is 1. The molecule has 1 rings (SSSR count). The second-order valence-corrected chi connectivity index (χ2v) is 6.95. The van der Waals surface area contributed by atoms with Gasteiger partial charge in [-0.25, -0.2) is 8.42 Å². The molecule has 9 nitrogen and oxygen atoms in total. The molecule has 11 heteroatoms. The number of aryl methyl sites for hydroxylation is 1. The van der Waals surface area contributed by atoms with Gasteiger partial charge in [-0.3, -0.25) is 14.4 Å². The van der Waals surface area contributed by atoms with Crippen LogP contribution in [-0.4, -0.2) is 43.6 Å². The molecule has 1 heterocycles. The van der Waals surface area contributed by atoms with Gasteiger partial charge in [0.15, 0.2) is 4.21 Å². The van der Waals surface area contributed by atoms with Crippen LogP contribution in [0.2, 0.25) is 0 Å². The average molecular weight is 338 g/mol. The number of aliphatic carboxylic acids is 1. The molecule has 1 atom stereocenters. The maximum Gasteiger partial charge on any atom is 0.321 e. The van der Waals surface area contributed by atoms with Crippen LogP contribution in [0.1, 0.15) is 18.5 Å². The summed E-state index contributed by atoms with van der Waals surface area (Å²) in [6.07, 6.45) is -0.516. The number of thiazole rings is 1. The zero-order valence-electron chi connectivity index (χ0n) is 11.2. The number of ether oxygens (including phenoxy) is 1. The molecule has 1 aromatic heterocycles. The van der Waals surface area contributed by atoms with Crippen LogP contribution in [0.4, 0.5) is 0 Å². The summed E-state index contributed by atoms with van der Waals surface area (Å²) in [6, 6.07) is -1.49. The Kier molecular flexibility index (Phi) is 5.63. The van der Waals surface area contributed by atoms with Gasteiger partial charge in [-0.05, 0) is 13.3 Å². The molecule has 0 amide bonds. The van der Waals surface area contributed by atoms with E-state index in [9.17, 15) is 22.8 Å². The number of esters is 1. The van der Waals surface area contributed by atoms with Crippen LogP contribution < -0.4 is 9.60 Å². The molecule has 0 fully saturated rings. The SMILES string of the molecule is COC(=O)CCC(NS(=O)(=O)c1sc(=O)[nH]c1C)C(=O)O. The number of rotatable bonds is 7. The van der Waals surface area contributed by atoms with E-state index < -0.39 is 32.9 Å². The Balaban J connectivity index is 2.92. The Morgan fingerprint density at radius 1 is 1.48 bits per heavy atom. The predicted octanol–water partition coefficient (Wildman–Crippen LogP) is -0.570. The maximum absolute atomic E-state index is 12.1. The van der Waals surface area contributed by atoms with E-state index >= 15 is 0 Å². The van der Waals surface area contributed by atoms with Gasteiger partial charge in [0, 0.05) is 12.1 Å². The lowest BCUT2D eigenvalue weighted by Crippen LogP contribution is -2.41. The van der Waals surface area contributed by atoms with Crippen LogP contribution in [0, 0.1) is 6.92 Å². The fraction of sp³-hybridized carbons (Fsp3) is 0.500. The molecule has 0 aliphatic rings. The molecule has 0 spiro atoms.